The highest BCUT2D eigenvalue weighted by Gasteiger charge is 2.30. The molecule has 1 aromatic carbocycles. The highest BCUT2D eigenvalue weighted by molar-refractivity contribution is 7.19. The maximum atomic E-state index is 13.2. The Morgan fingerprint density at radius 2 is 1.97 bits per heavy atom. The van der Waals surface area contributed by atoms with Gasteiger partial charge in [-0.15, -0.1) is 11.3 Å². The Hall–Kier alpha value is -2.87. The van der Waals surface area contributed by atoms with Crippen molar-refractivity contribution in [3.8, 4) is 11.5 Å². The van der Waals surface area contributed by atoms with Crippen LogP contribution in [-0.4, -0.2) is 53.7 Å². The number of benzene rings is 1. The van der Waals surface area contributed by atoms with Crippen molar-refractivity contribution in [2.75, 3.05) is 37.9 Å². The maximum absolute atomic E-state index is 13.2. The van der Waals surface area contributed by atoms with E-state index in [2.05, 4.69) is 25.7 Å². The van der Waals surface area contributed by atoms with E-state index in [9.17, 15) is 4.79 Å². The van der Waals surface area contributed by atoms with E-state index in [-0.39, 0.29) is 12.7 Å². The number of rotatable bonds is 4. The number of nitrogens with zero attached hydrogens (tertiary/aromatic N) is 4. The second kappa shape index (κ2) is 8.97. The summed E-state index contributed by atoms with van der Waals surface area (Å²) in [6.45, 7) is 9.83. The molecule has 0 unspecified atom stereocenters. The van der Waals surface area contributed by atoms with Crippen LogP contribution in [-0.2, 0) is 12.8 Å². The average molecular weight is 493 g/mol. The predicted octanol–water partition coefficient (Wildman–Crippen LogP) is 5.02. The summed E-state index contributed by atoms with van der Waals surface area (Å²) in [5.74, 6) is 4.46. The van der Waals surface area contributed by atoms with Crippen molar-refractivity contribution in [2.45, 2.75) is 52.4 Å². The van der Waals surface area contributed by atoms with Crippen LogP contribution in [0.1, 0.15) is 66.2 Å². The molecular weight excluding hydrogens is 460 g/mol. The van der Waals surface area contributed by atoms with Crippen LogP contribution in [0.2, 0.25) is 0 Å². The molecule has 8 heteroatoms. The second-order valence-corrected chi connectivity index (χ2v) is 11.2. The molecule has 4 heterocycles. The lowest BCUT2D eigenvalue weighted by Crippen LogP contribution is -2.49. The molecule has 6 rings (SSSR count). The number of piperazine rings is 1. The van der Waals surface area contributed by atoms with Crippen LogP contribution in [0.25, 0.3) is 10.2 Å². The second-order valence-electron chi connectivity index (χ2n) is 10.1. The zero-order chi connectivity index (χ0) is 24.1. The first-order chi connectivity index (χ1) is 17.0. The van der Waals surface area contributed by atoms with Crippen molar-refractivity contribution in [3.05, 3.63) is 40.0 Å². The van der Waals surface area contributed by atoms with E-state index < -0.39 is 0 Å². The van der Waals surface area contributed by atoms with Gasteiger partial charge in [-0.2, -0.15) is 0 Å². The molecule has 2 aromatic heterocycles. The number of aromatic nitrogens is 2. The summed E-state index contributed by atoms with van der Waals surface area (Å²) in [6.07, 6.45) is 4.50. The van der Waals surface area contributed by atoms with Crippen molar-refractivity contribution in [2.24, 2.45) is 5.92 Å². The van der Waals surface area contributed by atoms with Crippen LogP contribution < -0.4 is 14.4 Å². The van der Waals surface area contributed by atoms with E-state index in [4.69, 9.17) is 19.4 Å². The minimum atomic E-state index is 0.0398. The molecule has 1 amide bonds. The van der Waals surface area contributed by atoms with E-state index in [0.29, 0.717) is 36.1 Å². The molecule has 7 nitrogen and oxygen atoms in total. The number of amides is 1. The summed E-state index contributed by atoms with van der Waals surface area (Å²) in [5, 5.41) is 1.26. The molecule has 1 aliphatic carbocycles. The lowest BCUT2D eigenvalue weighted by Gasteiger charge is -2.36. The largest absolute Gasteiger partial charge is 0.454 e. The number of ether oxygens (including phenoxy) is 2. The smallest absolute Gasteiger partial charge is 0.254 e. The van der Waals surface area contributed by atoms with Crippen LogP contribution in [0.3, 0.4) is 0 Å². The van der Waals surface area contributed by atoms with Gasteiger partial charge in [0.2, 0.25) is 6.79 Å². The molecule has 35 heavy (non-hydrogen) atoms. The van der Waals surface area contributed by atoms with Crippen LogP contribution in [0.15, 0.2) is 18.2 Å². The molecule has 2 aliphatic heterocycles. The molecule has 0 bridgehead atoms. The lowest BCUT2D eigenvalue weighted by atomic mass is 9.89. The van der Waals surface area contributed by atoms with Gasteiger partial charge in [-0.05, 0) is 55.4 Å². The normalized spacial score (nSPS) is 20.3. The van der Waals surface area contributed by atoms with Crippen LogP contribution >= 0.6 is 11.3 Å². The number of hydrogen-bond donors (Lipinski definition) is 0. The zero-order valence-electron chi connectivity index (χ0n) is 20.7. The molecule has 0 spiro atoms. The standard InChI is InChI=1S/C27H32N4O3S/c1-4-17(3)24-28-25(23-19-7-5-16(2)13-22(19)35-26(23)29-24)30-9-11-31(12-10-30)27(32)18-6-8-20-21(14-18)34-15-33-20/h6,8,14,16-17H,4-5,7,9-13,15H2,1-3H3/t16-,17+/m1/s1. The summed E-state index contributed by atoms with van der Waals surface area (Å²) >= 11 is 1.87. The van der Waals surface area contributed by atoms with Crippen LogP contribution in [0, 0.1) is 5.92 Å². The first kappa shape index (κ1) is 22.6. The number of anilines is 1. The number of carbonyl (C=O) groups excluding carboxylic acids is 1. The van der Waals surface area contributed by atoms with E-state index >= 15 is 0 Å². The molecule has 0 radical (unpaired) electrons. The van der Waals surface area contributed by atoms with Crippen molar-refractivity contribution in [1.82, 2.24) is 14.9 Å². The van der Waals surface area contributed by atoms with Crippen molar-refractivity contribution in [3.63, 3.8) is 0 Å². The van der Waals surface area contributed by atoms with Gasteiger partial charge in [-0.3, -0.25) is 4.79 Å². The zero-order valence-corrected chi connectivity index (χ0v) is 21.5. The van der Waals surface area contributed by atoms with Gasteiger partial charge < -0.3 is 19.3 Å². The highest BCUT2D eigenvalue weighted by atomic mass is 32.1. The number of aryl methyl sites for hydroxylation is 1. The van der Waals surface area contributed by atoms with Gasteiger partial charge >= 0.3 is 0 Å². The van der Waals surface area contributed by atoms with Gasteiger partial charge in [0, 0.05) is 42.5 Å². The number of fused-ring (bicyclic) bond motifs is 4. The van der Waals surface area contributed by atoms with Crippen LogP contribution in [0.4, 0.5) is 5.82 Å². The highest BCUT2D eigenvalue weighted by Crippen LogP contribution is 2.42. The summed E-state index contributed by atoms with van der Waals surface area (Å²) in [7, 11) is 0. The fraction of sp³-hybridized carbons (Fsp3) is 0.519. The molecular formula is C27H32N4O3S. The Balaban J connectivity index is 1.27. The number of carbonyl (C=O) groups is 1. The fourth-order valence-electron chi connectivity index (χ4n) is 5.30. The third-order valence-corrected chi connectivity index (χ3v) is 8.84. The molecule has 3 aromatic rings. The minimum absolute atomic E-state index is 0.0398. The summed E-state index contributed by atoms with van der Waals surface area (Å²) in [4.78, 5) is 30.3. The van der Waals surface area contributed by atoms with Crippen molar-refractivity contribution in [1.29, 1.82) is 0 Å². The fourth-order valence-corrected chi connectivity index (χ4v) is 6.69. The summed E-state index contributed by atoms with van der Waals surface area (Å²) in [5.41, 5.74) is 2.11. The Bertz CT molecular complexity index is 1280. The Labute approximate surface area is 210 Å². The van der Waals surface area contributed by atoms with Crippen molar-refractivity contribution >= 4 is 33.3 Å². The third-order valence-electron chi connectivity index (χ3n) is 7.69. The monoisotopic (exact) mass is 492 g/mol. The molecule has 1 saturated heterocycles. The topological polar surface area (TPSA) is 67.8 Å². The minimum Gasteiger partial charge on any atom is -0.454 e. The SMILES string of the molecule is CC[C@H](C)c1nc(N2CCN(C(=O)c3ccc4c(c3)OCO4)CC2)c2c3c(sc2n1)C[C@H](C)CC3. The van der Waals surface area contributed by atoms with Crippen LogP contribution in [0.5, 0.6) is 11.5 Å². The first-order valence-electron chi connectivity index (χ1n) is 12.8. The third kappa shape index (κ3) is 4.01. The van der Waals surface area contributed by atoms with Gasteiger partial charge in [0.05, 0.1) is 5.39 Å². The average Bonchev–Trinajstić information content (AvgIpc) is 3.50. The van der Waals surface area contributed by atoms with Gasteiger partial charge in [0.25, 0.3) is 5.91 Å². The Morgan fingerprint density at radius 3 is 2.77 bits per heavy atom. The van der Waals surface area contributed by atoms with E-state index in [1.54, 1.807) is 6.07 Å². The molecule has 0 N–H and O–H groups in total. The Kier molecular flexibility index (Phi) is 5.79. The molecule has 3 aliphatic rings. The molecule has 1 fully saturated rings. The van der Waals surface area contributed by atoms with E-state index in [0.717, 1.165) is 54.7 Å². The summed E-state index contributed by atoms with van der Waals surface area (Å²) in [6, 6.07) is 5.44. The molecule has 184 valence electrons. The maximum Gasteiger partial charge on any atom is 0.254 e. The lowest BCUT2D eigenvalue weighted by molar-refractivity contribution is 0.0746. The quantitative estimate of drug-likeness (QED) is 0.509. The number of thiophene rings is 1. The number of hydrogen-bond acceptors (Lipinski definition) is 7. The van der Waals surface area contributed by atoms with E-state index in [1.807, 2.05) is 28.4 Å². The van der Waals surface area contributed by atoms with Gasteiger partial charge in [0.1, 0.15) is 16.5 Å². The first-order valence-corrected chi connectivity index (χ1v) is 13.6. The van der Waals surface area contributed by atoms with Crippen molar-refractivity contribution < 1.29 is 14.3 Å². The Morgan fingerprint density at radius 1 is 1.17 bits per heavy atom. The van der Waals surface area contributed by atoms with Gasteiger partial charge in [-0.1, -0.05) is 20.8 Å². The van der Waals surface area contributed by atoms with Gasteiger partial charge in [0.15, 0.2) is 11.5 Å². The van der Waals surface area contributed by atoms with E-state index in [1.165, 1.54) is 22.2 Å². The van der Waals surface area contributed by atoms with Gasteiger partial charge in [-0.25, -0.2) is 9.97 Å². The molecule has 2 atom stereocenters. The predicted molar refractivity (Wildman–Crippen MR) is 138 cm³/mol. The molecule has 0 saturated carbocycles. The summed E-state index contributed by atoms with van der Waals surface area (Å²) < 4.78 is 10.8.